The molecule has 2 unspecified atom stereocenters. The minimum atomic E-state index is -0.581. The van der Waals surface area contributed by atoms with E-state index < -0.39 is 18.0 Å². The van der Waals surface area contributed by atoms with E-state index in [1.54, 1.807) is 0 Å². The molecular formula is C13H15FO3. The molecule has 1 aromatic rings. The zero-order valence-electron chi connectivity index (χ0n) is 9.43. The van der Waals surface area contributed by atoms with Crippen LogP contribution < -0.4 is 4.74 Å². The monoisotopic (exact) mass is 238 g/mol. The summed E-state index contributed by atoms with van der Waals surface area (Å²) >= 11 is 0. The van der Waals surface area contributed by atoms with Crippen molar-refractivity contribution < 1.29 is 19.0 Å². The predicted octanol–water partition coefficient (Wildman–Crippen LogP) is 2.32. The van der Waals surface area contributed by atoms with Gasteiger partial charge < -0.3 is 9.84 Å². The number of hydrogen-bond acceptors (Lipinski definition) is 3. The van der Waals surface area contributed by atoms with Crippen LogP contribution in [0.3, 0.4) is 0 Å². The second kappa shape index (κ2) is 5.27. The number of ether oxygens (including phenoxy) is 1. The number of carbonyl (C=O) groups excluding carboxylic acids is 1. The van der Waals surface area contributed by atoms with E-state index in [1.807, 2.05) is 0 Å². The van der Waals surface area contributed by atoms with Gasteiger partial charge in [0, 0.05) is 0 Å². The van der Waals surface area contributed by atoms with E-state index in [9.17, 15) is 14.3 Å². The lowest BCUT2D eigenvalue weighted by Gasteiger charge is -2.28. The third-order valence-corrected chi connectivity index (χ3v) is 3.06. The summed E-state index contributed by atoms with van der Waals surface area (Å²) in [4.78, 5) is 10.8. The van der Waals surface area contributed by atoms with E-state index in [-0.39, 0.29) is 11.3 Å². The summed E-state index contributed by atoms with van der Waals surface area (Å²) in [6.07, 6.45) is 2.82. The van der Waals surface area contributed by atoms with Crippen LogP contribution in [0.25, 0.3) is 0 Å². The quantitative estimate of drug-likeness (QED) is 0.822. The van der Waals surface area contributed by atoms with Gasteiger partial charge in [0.15, 0.2) is 17.9 Å². The number of aliphatic hydroxyl groups is 1. The number of halogens is 1. The smallest absolute Gasteiger partial charge is 0.165 e. The highest BCUT2D eigenvalue weighted by molar-refractivity contribution is 5.79. The number of aliphatic hydroxyl groups excluding tert-OH is 1. The number of para-hydroxylation sites is 1. The molecule has 0 aliphatic heterocycles. The molecule has 0 amide bonds. The molecule has 3 nitrogen and oxygen atoms in total. The van der Waals surface area contributed by atoms with Crippen LogP contribution in [0.5, 0.6) is 5.75 Å². The van der Waals surface area contributed by atoms with E-state index >= 15 is 0 Å². The van der Waals surface area contributed by atoms with Crippen molar-refractivity contribution in [2.45, 2.75) is 37.9 Å². The van der Waals surface area contributed by atoms with E-state index in [1.165, 1.54) is 18.2 Å². The molecular weight excluding hydrogens is 223 g/mol. The van der Waals surface area contributed by atoms with E-state index in [4.69, 9.17) is 4.74 Å². The maximum atomic E-state index is 13.6. The Morgan fingerprint density at radius 2 is 2.12 bits per heavy atom. The lowest BCUT2D eigenvalue weighted by Crippen LogP contribution is -2.35. The van der Waals surface area contributed by atoms with Crippen LogP contribution in [-0.2, 0) is 0 Å². The molecule has 1 aliphatic rings. The summed E-state index contributed by atoms with van der Waals surface area (Å²) in [6.45, 7) is 0. The molecule has 17 heavy (non-hydrogen) atoms. The Balaban J connectivity index is 2.19. The molecule has 0 radical (unpaired) electrons. The van der Waals surface area contributed by atoms with Crippen LogP contribution in [0, 0.1) is 5.82 Å². The molecule has 1 aromatic carbocycles. The van der Waals surface area contributed by atoms with Gasteiger partial charge in [0.05, 0.1) is 11.7 Å². The van der Waals surface area contributed by atoms with Gasteiger partial charge in [-0.2, -0.15) is 0 Å². The molecule has 0 saturated heterocycles. The van der Waals surface area contributed by atoms with Gasteiger partial charge >= 0.3 is 0 Å². The molecule has 92 valence electrons. The Kier molecular flexibility index (Phi) is 3.74. The van der Waals surface area contributed by atoms with Crippen LogP contribution in [0.1, 0.15) is 36.0 Å². The maximum Gasteiger partial charge on any atom is 0.165 e. The van der Waals surface area contributed by atoms with Crippen molar-refractivity contribution in [1.82, 2.24) is 0 Å². The fourth-order valence-corrected chi connectivity index (χ4v) is 2.11. The fraction of sp³-hybridized carbons (Fsp3) is 0.462. The predicted molar refractivity (Wildman–Crippen MR) is 60.7 cm³/mol. The second-order valence-electron chi connectivity index (χ2n) is 4.28. The van der Waals surface area contributed by atoms with Gasteiger partial charge in [0.1, 0.15) is 6.10 Å². The van der Waals surface area contributed by atoms with Crippen LogP contribution in [0.2, 0.25) is 0 Å². The highest BCUT2D eigenvalue weighted by atomic mass is 19.1. The van der Waals surface area contributed by atoms with Crippen molar-refractivity contribution in [3.05, 3.63) is 29.6 Å². The minimum absolute atomic E-state index is 0.0477. The first-order valence-electron chi connectivity index (χ1n) is 5.81. The lowest BCUT2D eigenvalue weighted by atomic mass is 9.95. The average molecular weight is 238 g/mol. The van der Waals surface area contributed by atoms with Crippen molar-refractivity contribution in [1.29, 1.82) is 0 Å². The number of rotatable bonds is 3. The second-order valence-corrected chi connectivity index (χ2v) is 4.28. The Hall–Kier alpha value is -1.42. The highest BCUT2D eigenvalue weighted by Crippen LogP contribution is 2.27. The first-order chi connectivity index (χ1) is 8.22. The van der Waals surface area contributed by atoms with E-state index in [0.29, 0.717) is 19.1 Å². The number of aldehydes is 1. The van der Waals surface area contributed by atoms with Gasteiger partial charge in [0.25, 0.3) is 0 Å². The summed E-state index contributed by atoms with van der Waals surface area (Å²) in [5, 5.41) is 9.75. The van der Waals surface area contributed by atoms with Gasteiger partial charge in [0.2, 0.25) is 0 Å². The van der Waals surface area contributed by atoms with Crippen molar-refractivity contribution in [2.75, 3.05) is 0 Å². The minimum Gasteiger partial charge on any atom is -0.484 e. The molecule has 0 aromatic heterocycles. The topological polar surface area (TPSA) is 46.5 Å². The number of hydrogen-bond donors (Lipinski definition) is 1. The Labute approximate surface area is 99.2 Å². The van der Waals surface area contributed by atoms with Crippen molar-refractivity contribution in [3.63, 3.8) is 0 Å². The first kappa shape index (κ1) is 12.0. The molecule has 4 heteroatoms. The SMILES string of the molecule is O=Cc1cccc(F)c1OC1CCCCC1O. The fourth-order valence-electron chi connectivity index (χ4n) is 2.11. The number of benzene rings is 1. The van der Waals surface area contributed by atoms with Crippen molar-refractivity contribution >= 4 is 6.29 Å². The van der Waals surface area contributed by atoms with Crippen molar-refractivity contribution in [2.24, 2.45) is 0 Å². The molecule has 1 N–H and O–H groups in total. The van der Waals surface area contributed by atoms with Crippen LogP contribution in [0.15, 0.2) is 18.2 Å². The average Bonchev–Trinajstić information content (AvgIpc) is 2.34. The third kappa shape index (κ3) is 2.64. The van der Waals surface area contributed by atoms with E-state index in [0.717, 1.165) is 12.8 Å². The zero-order valence-corrected chi connectivity index (χ0v) is 9.43. The summed E-state index contributed by atoms with van der Waals surface area (Å²) in [5.41, 5.74) is 0.183. The molecule has 0 spiro atoms. The lowest BCUT2D eigenvalue weighted by molar-refractivity contribution is 0.00468. The van der Waals surface area contributed by atoms with Crippen LogP contribution in [0.4, 0.5) is 4.39 Å². The Bertz CT molecular complexity index is 406. The van der Waals surface area contributed by atoms with Gasteiger partial charge in [-0.05, 0) is 31.4 Å². The first-order valence-corrected chi connectivity index (χ1v) is 5.81. The standard InChI is InChI=1S/C13H15FO3/c14-10-5-3-4-9(8-15)13(10)17-12-7-2-1-6-11(12)16/h3-5,8,11-12,16H,1-2,6-7H2. The van der Waals surface area contributed by atoms with E-state index in [2.05, 4.69) is 0 Å². The summed E-state index contributed by atoms with van der Waals surface area (Å²) in [7, 11) is 0. The largest absolute Gasteiger partial charge is 0.484 e. The number of carbonyl (C=O) groups is 1. The summed E-state index contributed by atoms with van der Waals surface area (Å²) in [6, 6.07) is 4.21. The van der Waals surface area contributed by atoms with Gasteiger partial charge in [-0.25, -0.2) is 4.39 Å². The third-order valence-electron chi connectivity index (χ3n) is 3.06. The molecule has 0 bridgehead atoms. The molecule has 1 aliphatic carbocycles. The zero-order chi connectivity index (χ0) is 12.3. The Morgan fingerprint density at radius 3 is 2.82 bits per heavy atom. The van der Waals surface area contributed by atoms with Crippen LogP contribution in [-0.4, -0.2) is 23.6 Å². The summed E-state index contributed by atoms with van der Waals surface area (Å²) in [5.74, 6) is -0.610. The summed E-state index contributed by atoms with van der Waals surface area (Å²) < 4.78 is 19.0. The molecule has 1 saturated carbocycles. The van der Waals surface area contributed by atoms with Gasteiger partial charge in [-0.1, -0.05) is 12.5 Å². The molecule has 2 rings (SSSR count). The molecule has 1 fully saturated rings. The van der Waals surface area contributed by atoms with Gasteiger partial charge in [-0.15, -0.1) is 0 Å². The molecule has 0 heterocycles. The normalized spacial score (nSPS) is 24.4. The van der Waals surface area contributed by atoms with Crippen LogP contribution >= 0.6 is 0 Å². The van der Waals surface area contributed by atoms with Gasteiger partial charge in [-0.3, -0.25) is 4.79 Å². The molecule has 2 atom stereocenters. The maximum absolute atomic E-state index is 13.6. The highest BCUT2D eigenvalue weighted by Gasteiger charge is 2.26. The Morgan fingerprint density at radius 1 is 1.35 bits per heavy atom. The van der Waals surface area contributed by atoms with Crippen molar-refractivity contribution in [3.8, 4) is 5.75 Å².